The summed E-state index contributed by atoms with van der Waals surface area (Å²) in [6.07, 6.45) is 3.15. The fraction of sp³-hybridized carbons (Fsp3) is 0.478. The van der Waals surface area contributed by atoms with Gasteiger partial charge in [-0.15, -0.1) is 0 Å². The Morgan fingerprint density at radius 3 is 2.50 bits per heavy atom. The van der Waals surface area contributed by atoms with Gasteiger partial charge in [-0.3, -0.25) is 0 Å². The number of aryl methyl sites for hydroxylation is 1. The van der Waals surface area contributed by atoms with E-state index in [1.807, 2.05) is 12.1 Å². The van der Waals surface area contributed by atoms with Crippen LogP contribution >= 0.6 is 0 Å². The number of hydrogen-bond acceptors (Lipinski definition) is 3. The Hall–Kier alpha value is -1.84. The number of ether oxygens (including phenoxy) is 1. The first-order chi connectivity index (χ1) is 12.6. The van der Waals surface area contributed by atoms with Crippen LogP contribution in [0.5, 0.6) is 5.75 Å². The molecule has 2 aromatic carbocycles. The minimum absolute atomic E-state index is 0.355. The molecule has 0 amide bonds. The van der Waals surface area contributed by atoms with E-state index < -0.39 is 6.10 Å². The van der Waals surface area contributed by atoms with Crippen LogP contribution in [0, 0.1) is 19.8 Å². The average Bonchev–Trinajstić information content (AvgIpc) is 2.65. The van der Waals surface area contributed by atoms with Crippen molar-refractivity contribution in [3.8, 4) is 5.75 Å². The number of benzene rings is 2. The van der Waals surface area contributed by atoms with E-state index in [1.54, 1.807) is 0 Å². The smallest absolute Gasteiger partial charge is 0.122 e. The second kappa shape index (κ2) is 9.20. The number of piperidine rings is 1. The van der Waals surface area contributed by atoms with E-state index in [0.717, 1.165) is 30.3 Å². The summed E-state index contributed by atoms with van der Waals surface area (Å²) >= 11 is 0. The van der Waals surface area contributed by atoms with E-state index in [1.165, 1.54) is 30.4 Å². The lowest BCUT2D eigenvalue weighted by Crippen LogP contribution is -2.41. The van der Waals surface area contributed by atoms with E-state index in [0.29, 0.717) is 13.2 Å². The normalized spacial score (nSPS) is 17.2. The van der Waals surface area contributed by atoms with Gasteiger partial charge >= 0.3 is 0 Å². The first-order valence-corrected chi connectivity index (χ1v) is 9.75. The molecule has 1 saturated heterocycles. The van der Waals surface area contributed by atoms with E-state index >= 15 is 0 Å². The molecule has 0 unspecified atom stereocenters. The van der Waals surface area contributed by atoms with Gasteiger partial charge in [-0.25, -0.2) is 0 Å². The molecule has 0 spiro atoms. The van der Waals surface area contributed by atoms with Gasteiger partial charge in [0.25, 0.3) is 0 Å². The minimum atomic E-state index is -0.444. The van der Waals surface area contributed by atoms with Gasteiger partial charge in [-0.2, -0.15) is 0 Å². The molecule has 0 saturated carbocycles. The van der Waals surface area contributed by atoms with Crippen molar-refractivity contribution in [3.05, 3.63) is 65.2 Å². The molecular weight excluding hydrogens is 322 g/mol. The van der Waals surface area contributed by atoms with Crippen LogP contribution in [0.1, 0.15) is 29.5 Å². The third-order valence-corrected chi connectivity index (χ3v) is 5.53. The second-order valence-corrected chi connectivity index (χ2v) is 7.60. The van der Waals surface area contributed by atoms with Crippen molar-refractivity contribution in [2.45, 2.75) is 39.2 Å². The highest BCUT2D eigenvalue weighted by Gasteiger charge is 2.21. The number of β-amino-alcohol motifs (C(OH)–C–C–N with tert-alkyl or cyclic N) is 1. The SMILES string of the molecule is Cc1cccc(OC[C@H](O)CN2CCC(Cc3ccccc3)CC2)c1C. The number of aliphatic hydroxyl groups excluding tert-OH is 1. The Morgan fingerprint density at radius 2 is 1.77 bits per heavy atom. The third kappa shape index (κ3) is 5.33. The Kier molecular flexibility index (Phi) is 6.70. The fourth-order valence-electron chi connectivity index (χ4n) is 3.74. The van der Waals surface area contributed by atoms with E-state index in [4.69, 9.17) is 4.74 Å². The summed E-state index contributed by atoms with van der Waals surface area (Å²) in [5.41, 5.74) is 3.81. The molecule has 1 N–H and O–H groups in total. The molecule has 1 aliphatic heterocycles. The highest BCUT2D eigenvalue weighted by atomic mass is 16.5. The predicted molar refractivity (Wildman–Crippen MR) is 107 cm³/mol. The second-order valence-electron chi connectivity index (χ2n) is 7.60. The van der Waals surface area contributed by atoms with Gasteiger partial charge in [-0.1, -0.05) is 42.5 Å². The summed E-state index contributed by atoms with van der Waals surface area (Å²) in [7, 11) is 0. The topological polar surface area (TPSA) is 32.7 Å². The highest BCUT2D eigenvalue weighted by Crippen LogP contribution is 2.23. The van der Waals surface area contributed by atoms with Crippen LogP contribution < -0.4 is 4.74 Å². The first kappa shape index (κ1) is 18.9. The maximum absolute atomic E-state index is 10.4. The molecule has 0 aromatic heterocycles. The monoisotopic (exact) mass is 353 g/mol. The summed E-state index contributed by atoms with van der Waals surface area (Å²) in [4.78, 5) is 2.37. The molecule has 2 aromatic rings. The molecule has 1 heterocycles. The molecule has 3 rings (SSSR count). The Labute approximate surface area is 157 Å². The number of nitrogens with zero attached hydrogens (tertiary/aromatic N) is 1. The molecule has 1 fully saturated rings. The van der Waals surface area contributed by atoms with Crippen LogP contribution in [0.3, 0.4) is 0 Å². The number of aliphatic hydroxyl groups is 1. The van der Waals surface area contributed by atoms with Crippen molar-refractivity contribution < 1.29 is 9.84 Å². The number of rotatable bonds is 7. The van der Waals surface area contributed by atoms with Crippen molar-refractivity contribution in [2.75, 3.05) is 26.2 Å². The van der Waals surface area contributed by atoms with E-state index in [9.17, 15) is 5.11 Å². The minimum Gasteiger partial charge on any atom is -0.491 e. The predicted octanol–water partition coefficient (Wildman–Crippen LogP) is 4.00. The molecule has 0 bridgehead atoms. The van der Waals surface area contributed by atoms with E-state index in [-0.39, 0.29) is 0 Å². The largest absolute Gasteiger partial charge is 0.491 e. The van der Waals surface area contributed by atoms with Gasteiger partial charge < -0.3 is 14.7 Å². The van der Waals surface area contributed by atoms with Gasteiger partial charge in [-0.05, 0) is 74.9 Å². The summed E-state index contributed by atoms with van der Waals surface area (Å²) in [5.74, 6) is 1.64. The van der Waals surface area contributed by atoms with Crippen LogP contribution in [-0.4, -0.2) is 42.4 Å². The molecular formula is C23H31NO2. The van der Waals surface area contributed by atoms with Crippen LogP contribution in [0.15, 0.2) is 48.5 Å². The fourth-order valence-corrected chi connectivity index (χ4v) is 3.74. The van der Waals surface area contributed by atoms with Gasteiger partial charge in [0.05, 0.1) is 0 Å². The highest BCUT2D eigenvalue weighted by molar-refractivity contribution is 5.38. The summed E-state index contributed by atoms with van der Waals surface area (Å²) in [5, 5.41) is 10.4. The molecule has 140 valence electrons. The molecule has 3 nitrogen and oxygen atoms in total. The van der Waals surface area contributed by atoms with Gasteiger partial charge in [0.1, 0.15) is 18.5 Å². The molecule has 0 aliphatic carbocycles. The summed E-state index contributed by atoms with van der Waals surface area (Å²) in [6.45, 7) is 7.33. The van der Waals surface area contributed by atoms with Gasteiger partial charge in [0.15, 0.2) is 0 Å². The van der Waals surface area contributed by atoms with Crippen molar-refractivity contribution in [1.82, 2.24) is 4.90 Å². The zero-order valence-electron chi connectivity index (χ0n) is 16.0. The van der Waals surface area contributed by atoms with Crippen LogP contribution in [0.25, 0.3) is 0 Å². The molecule has 3 heteroatoms. The standard InChI is InChI=1S/C23H31NO2/c1-18-7-6-10-23(19(18)2)26-17-22(25)16-24-13-11-21(12-14-24)15-20-8-4-3-5-9-20/h3-10,21-22,25H,11-17H2,1-2H3/t22-/m1/s1. The average molecular weight is 354 g/mol. The van der Waals surface area contributed by atoms with Gasteiger partial charge in [0, 0.05) is 6.54 Å². The molecule has 0 radical (unpaired) electrons. The lowest BCUT2D eigenvalue weighted by Gasteiger charge is -2.33. The maximum Gasteiger partial charge on any atom is 0.122 e. The van der Waals surface area contributed by atoms with Crippen molar-refractivity contribution >= 4 is 0 Å². The quantitative estimate of drug-likeness (QED) is 0.817. The lowest BCUT2D eigenvalue weighted by molar-refractivity contribution is 0.0548. The lowest BCUT2D eigenvalue weighted by atomic mass is 9.90. The molecule has 26 heavy (non-hydrogen) atoms. The Balaban J connectivity index is 1.39. The Bertz CT molecular complexity index is 678. The summed E-state index contributed by atoms with van der Waals surface area (Å²) < 4.78 is 5.84. The number of likely N-dealkylation sites (tertiary alicyclic amines) is 1. The van der Waals surface area contributed by atoms with Crippen LogP contribution in [0.4, 0.5) is 0 Å². The molecule has 1 atom stereocenters. The number of hydrogen-bond donors (Lipinski definition) is 1. The van der Waals surface area contributed by atoms with Crippen molar-refractivity contribution in [1.29, 1.82) is 0 Å². The van der Waals surface area contributed by atoms with Crippen molar-refractivity contribution in [3.63, 3.8) is 0 Å². The third-order valence-electron chi connectivity index (χ3n) is 5.53. The van der Waals surface area contributed by atoms with Crippen LogP contribution in [-0.2, 0) is 6.42 Å². The Morgan fingerprint density at radius 1 is 1.04 bits per heavy atom. The zero-order chi connectivity index (χ0) is 18.4. The van der Waals surface area contributed by atoms with E-state index in [2.05, 4.69) is 55.1 Å². The zero-order valence-corrected chi connectivity index (χ0v) is 16.0. The van der Waals surface area contributed by atoms with Crippen LogP contribution in [0.2, 0.25) is 0 Å². The summed E-state index contributed by atoms with van der Waals surface area (Å²) in [6, 6.07) is 16.8. The van der Waals surface area contributed by atoms with Gasteiger partial charge in [0.2, 0.25) is 0 Å². The first-order valence-electron chi connectivity index (χ1n) is 9.75. The maximum atomic E-state index is 10.4. The molecule has 1 aliphatic rings. The van der Waals surface area contributed by atoms with Crippen molar-refractivity contribution in [2.24, 2.45) is 5.92 Å².